The lowest BCUT2D eigenvalue weighted by Gasteiger charge is -2.41. The summed E-state index contributed by atoms with van der Waals surface area (Å²) >= 11 is 1.29. The van der Waals surface area contributed by atoms with Crippen molar-refractivity contribution < 1.29 is 23.8 Å². The number of benzene rings is 2. The molecule has 0 aliphatic carbocycles. The quantitative estimate of drug-likeness (QED) is 0.380. The van der Waals surface area contributed by atoms with Crippen molar-refractivity contribution in [3.8, 4) is 11.5 Å². The predicted octanol–water partition coefficient (Wildman–Crippen LogP) is 4.17. The third-order valence-corrected chi connectivity index (χ3v) is 7.99. The van der Waals surface area contributed by atoms with E-state index in [-0.39, 0.29) is 18.9 Å². The standard InChI is InChI=1S/C27H34N2O5S/c1-4-34-26(31)27(19-20-16-21(32-2)18-22(17-20)33-3)25(30)29(15-14-28-12-8-5-9-13-28)23-10-6-7-11-24(23)35-27/h6-7,10-11,16-18H,4-5,8-9,12-15,19H2,1-3H3. The number of rotatable bonds is 9. The molecule has 7 nitrogen and oxygen atoms in total. The fourth-order valence-electron chi connectivity index (χ4n) is 4.79. The molecule has 0 saturated carbocycles. The number of piperidine rings is 1. The van der Waals surface area contributed by atoms with Gasteiger partial charge in [-0.2, -0.15) is 0 Å². The molecule has 2 aromatic carbocycles. The lowest BCUT2D eigenvalue weighted by atomic mass is 9.95. The topological polar surface area (TPSA) is 68.3 Å². The molecule has 1 unspecified atom stereocenters. The first-order chi connectivity index (χ1) is 17.0. The molecular weight excluding hydrogens is 464 g/mol. The maximum Gasteiger partial charge on any atom is 0.332 e. The summed E-state index contributed by atoms with van der Waals surface area (Å²) in [4.78, 5) is 32.9. The van der Waals surface area contributed by atoms with Crippen LogP contribution >= 0.6 is 11.8 Å². The SMILES string of the molecule is CCOC(=O)C1(Cc2cc(OC)cc(OC)c2)Sc2ccccc2N(CCN2CCCCC2)C1=O. The number of hydrogen-bond acceptors (Lipinski definition) is 7. The molecule has 1 fully saturated rings. The molecule has 0 aromatic heterocycles. The molecule has 8 heteroatoms. The lowest BCUT2D eigenvalue weighted by Crippen LogP contribution is -2.57. The molecule has 2 aliphatic heterocycles. The van der Waals surface area contributed by atoms with Gasteiger partial charge >= 0.3 is 5.97 Å². The first kappa shape index (κ1) is 25.4. The Labute approximate surface area is 211 Å². The van der Waals surface area contributed by atoms with E-state index in [1.54, 1.807) is 32.1 Å². The van der Waals surface area contributed by atoms with E-state index in [9.17, 15) is 9.59 Å². The maximum atomic E-state index is 14.2. The van der Waals surface area contributed by atoms with E-state index in [2.05, 4.69) is 4.90 Å². The van der Waals surface area contributed by atoms with E-state index in [4.69, 9.17) is 14.2 Å². The Morgan fingerprint density at radius 2 is 1.69 bits per heavy atom. The maximum absolute atomic E-state index is 14.2. The van der Waals surface area contributed by atoms with E-state index in [0.717, 1.165) is 35.8 Å². The van der Waals surface area contributed by atoms with Crippen molar-refractivity contribution in [1.82, 2.24) is 4.90 Å². The van der Waals surface area contributed by atoms with Crippen LogP contribution in [0.3, 0.4) is 0 Å². The van der Waals surface area contributed by atoms with Crippen LogP contribution in [0.4, 0.5) is 5.69 Å². The Morgan fingerprint density at radius 1 is 1.00 bits per heavy atom. The molecule has 2 heterocycles. The number of likely N-dealkylation sites (tertiary alicyclic amines) is 1. The van der Waals surface area contributed by atoms with E-state index < -0.39 is 10.7 Å². The Hall–Kier alpha value is -2.71. The summed E-state index contributed by atoms with van der Waals surface area (Å²) in [5.74, 6) is 0.454. The minimum atomic E-state index is -1.44. The number of nitrogens with zero attached hydrogens (tertiary/aromatic N) is 2. The Balaban J connectivity index is 1.73. The number of carbonyl (C=O) groups excluding carboxylic acids is 2. The summed E-state index contributed by atoms with van der Waals surface area (Å²) in [7, 11) is 3.16. The molecule has 2 aliphatic rings. The largest absolute Gasteiger partial charge is 0.497 e. The van der Waals surface area contributed by atoms with Crippen LogP contribution in [0.25, 0.3) is 0 Å². The molecule has 35 heavy (non-hydrogen) atoms. The third-order valence-electron chi connectivity index (χ3n) is 6.59. The summed E-state index contributed by atoms with van der Waals surface area (Å²) in [6, 6.07) is 13.3. The van der Waals surface area contributed by atoms with Gasteiger partial charge in [0.05, 0.1) is 26.5 Å². The molecule has 1 atom stereocenters. The van der Waals surface area contributed by atoms with Gasteiger partial charge in [-0.3, -0.25) is 4.79 Å². The minimum absolute atomic E-state index is 0.164. The number of methoxy groups -OCH3 is 2. The molecule has 0 spiro atoms. The van der Waals surface area contributed by atoms with Crippen LogP contribution in [0.1, 0.15) is 31.7 Å². The van der Waals surface area contributed by atoms with Gasteiger partial charge in [-0.15, -0.1) is 0 Å². The molecule has 0 radical (unpaired) electrons. The van der Waals surface area contributed by atoms with E-state index in [0.29, 0.717) is 18.0 Å². The normalized spacial score (nSPS) is 20.3. The van der Waals surface area contributed by atoms with Crippen LogP contribution in [0.2, 0.25) is 0 Å². The van der Waals surface area contributed by atoms with Crippen molar-refractivity contribution in [2.45, 2.75) is 42.2 Å². The zero-order chi connectivity index (χ0) is 24.8. The number of esters is 1. The van der Waals surface area contributed by atoms with Crippen LogP contribution in [-0.2, 0) is 20.7 Å². The zero-order valence-electron chi connectivity index (χ0n) is 20.7. The van der Waals surface area contributed by atoms with Gasteiger partial charge in [0.15, 0.2) is 0 Å². The number of anilines is 1. The van der Waals surface area contributed by atoms with Crippen LogP contribution in [-0.4, -0.2) is 68.5 Å². The fourth-order valence-corrected chi connectivity index (χ4v) is 6.17. The smallest absolute Gasteiger partial charge is 0.332 e. The van der Waals surface area contributed by atoms with Crippen molar-refractivity contribution in [2.75, 3.05) is 51.9 Å². The van der Waals surface area contributed by atoms with Crippen LogP contribution in [0, 0.1) is 0 Å². The van der Waals surface area contributed by atoms with Gasteiger partial charge in [-0.1, -0.05) is 30.3 Å². The van der Waals surface area contributed by atoms with Crippen molar-refractivity contribution in [3.63, 3.8) is 0 Å². The highest BCUT2D eigenvalue weighted by Gasteiger charge is 2.54. The molecule has 0 N–H and O–H groups in total. The predicted molar refractivity (Wildman–Crippen MR) is 138 cm³/mol. The van der Waals surface area contributed by atoms with Crippen LogP contribution < -0.4 is 14.4 Å². The minimum Gasteiger partial charge on any atom is -0.497 e. The van der Waals surface area contributed by atoms with Gasteiger partial charge in [-0.05, 0) is 62.7 Å². The number of hydrogen-bond donors (Lipinski definition) is 0. The molecule has 2 aromatic rings. The second kappa shape index (κ2) is 11.4. The number of thioether (sulfide) groups is 1. The number of carbonyl (C=O) groups is 2. The fraction of sp³-hybridized carbons (Fsp3) is 0.481. The second-order valence-electron chi connectivity index (χ2n) is 8.87. The van der Waals surface area contributed by atoms with Gasteiger partial charge in [0, 0.05) is 30.5 Å². The molecule has 0 bridgehead atoms. The first-order valence-corrected chi connectivity index (χ1v) is 13.0. The van der Waals surface area contributed by atoms with Crippen LogP contribution in [0.5, 0.6) is 11.5 Å². The zero-order valence-corrected chi connectivity index (χ0v) is 21.6. The Morgan fingerprint density at radius 3 is 2.34 bits per heavy atom. The molecular formula is C27H34N2O5S. The van der Waals surface area contributed by atoms with Crippen molar-refractivity contribution >= 4 is 29.3 Å². The average molecular weight is 499 g/mol. The highest BCUT2D eigenvalue weighted by atomic mass is 32.2. The summed E-state index contributed by atoms with van der Waals surface area (Å²) in [5, 5.41) is 0. The average Bonchev–Trinajstić information content (AvgIpc) is 2.89. The van der Waals surface area contributed by atoms with Gasteiger partial charge in [0.1, 0.15) is 11.5 Å². The number of ether oxygens (including phenoxy) is 3. The summed E-state index contributed by atoms with van der Waals surface area (Å²) < 4.78 is 14.9. The summed E-state index contributed by atoms with van der Waals surface area (Å²) in [5.41, 5.74) is 1.62. The molecule has 1 saturated heterocycles. The van der Waals surface area contributed by atoms with Crippen molar-refractivity contribution in [1.29, 1.82) is 0 Å². The number of para-hydroxylation sites is 1. The third kappa shape index (κ3) is 5.43. The van der Waals surface area contributed by atoms with Gasteiger partial charge in [-0.25, -0.2) is 4.79 Å². The monoisotopic (exact) mass is 498 g/mol. The Kier molecular flexibility index (Phi) is 8.23. The van der Waals surface area contributed by atoms with E-state index >= 15 is 0 Å². The number of amides is 1. The Bertz CT molecular complexity index is 1030. The highest BCUT2D eigenvalue weighted by molar-refractivity contribution is 8.02. The van der Waals surface area contributed by atoms with Crippen LogP contribution in [0.15, 0.2) is 47.4 Å². The molecule has 188 valence electrons. The number of fused-ring (bicyclic) bond motifs is 1. The van der Waals surface area contributed by atoms with Crippen molar-refractivity contribution in [2.24, 2.45) is 0 Å². The first-order valence-electron chi connectivity index (χ1n) is 12.2. The summed E-state index contributed by atoms with van der Waals surface area (Å²) in [6.07, 6.45) is 3.79. The van der Waals surface area contributed by atoms with Crippen molar-refractivity contribution in [3.05, 3.63) is 48.0 Å². The second-order valence-corrected chi connectivity index (χ2v) is 10.2. The van der Waals surface area contributed by atoms with Gasteiger partial charge < -0.3 is 24.0 Å². The highest BCUT2D eigenvalue weighted by Crippen LogP contribution is 2.48. The summed E-state index contributed by atoms with van der Waals surface area (Å²) in [6.45, 7) is 5.36. The lowest BCUT2D eigenvalue weighted by molar-refractivity contribution is -0.149. The molecule has 4 rings (SSSR count). The van der Waals surface area contributed by atoms with Gasteiger partial charge in [0.25, 0.3) is 5.91 Å². The molecule has 1 amide bonds. The van der Waals surface area contributed by atoms with E-state index in [1.165, 1.54) is 31.0 Å². The van der Waals surface area contributed by atoms with E-state index in [1.807, 2.05) is 36.4 Å². The van der Waals surface area contributed by atoms with Gasteiger partial charge in [0.2, 0.25) is 4.75 Å².